The first kappa shape index (κ1) is 33.6. The van der Waals surface area contributed by atoms with Gasteiger partial charge in [0.15, 0.2) is 0 Å². The van der Waals surface area contributed by atoms with E-state index in [1.807, 2.05) is 5.57 Å². The molecule has 0 aromatic heterocycles. The fraction of sp³-hybridized carbons (Fsp3) is 0.926. The normalized spacial score (nSPS) is 10.3. The van der Waals surface area contributed by atoms with E-state index in [4.69, 9.17) is 0 Å². The number of halogens is 1. The smallest absolute Gasteiger partial charge is 0.0318 e. The van der Waals surface area contributed by atoms with E-state index < -0.39 is 0 Å². The molecule has 0 rings (SSSR count). The van der Waals surface area contributed by atoms with Crippen molar-refractivity contribution in [1.29, 1.82) is 0 Å². The second-order valence-electron chi connectivity index (χ2n) is 8.94. The zero-order chi connectivity index (χ0) is 20.0. The summed E-state index contributed by atoms with van der Waals surface area (Å²) in [6.45, 7) is 9.39. The molecular formula is C27H58ClN. The topological polar surface area (TPSA) is 35.0 Å². The summed E-state index contributed by atoms with van der Waals surface area (Å²) in [4.78, 5) is 0. The first-order valence-corrected chi connectivity index (χ1v) is 12.9. The van der Waals surface area contributed by atoms with Crippen LogP contribution >= 0.6 is 12.4 Å². The summed E-state index contributed by atoms with van der Waals surface area (Å²) in [5.41, 5.74) is 3.60. The van der Waals surface area contributed by atoms with Gasteiger partial charge in [-0.2, -0.15) is 0 Å². The summed E-state index contributed by atoms with van der Waals surface area (Å²) < 4.78 is 0. The molecular weight excluding hydrogens is 374 g/mol. The molecule has 0 amide bonds. The van der Waals surface area contributed by atoms with Crippen molar-refractivity contribution in [3.63, 3.8) is 0 Å². The zero-order valence-corrected chi connectivity index (χ0v) is 21.8. The van der Waals surface area contributed by atoms with E-state index in [9.17, 15) is 0 Å². The summed E-state index contributed by atoms with van der Waals surface area (Å²) in [5, 5.41) is 0. The Morgan fingerprint density at radius 3 is 1.03 bits per heavy atom. The quantitative estimate of drug-likeness (QED) is 0.142. The maximum atomic E-state index is 2.45. The van der Waals surface area contributed by atoms with E-state index in [0.29, 0.717) is 0 Å². The molecule has 0 spiro atoms. The monoisotopic (exact) mass is 431 g/mol. The van der Waals surface area contributed by atoms with Gasteiger partial charge in [0.1, 0.15) is 0 Å². The van der Waals surface area contributed by atoms with Crippen molar-refractivity contribution < 1.29 is 0 Å². The van der Waals surface area contributed by atoms with Crippen molar-refractivity contribution in [3.8, 4) is 0 Å². The minimum Gasteiger partial charge on any atom is -0.344 e. The first-order chi connectivity index (χ1) is 13.3. The van der Waals surface area contributed by atoms with Crippen molar-refractivity contribution >= 4 is 12.4 Å². The average Bonchev–Trinajstić information content (AvgIpc) is 2.68. The maximum Gasteiger partial charge on any atom is -0.0318 e. The lowest BCUT2D eigenvalue weighted by Crippen LogP contribution is -1.93. The van der Waals surface area contributed by atoms with E-state index in [1.165, 1.54) is 135 Å². The van der Waals surface area contributed by atoms with Gasteiger partial charge < -0.3 is 6.15 Å². The molecule has 0 aromatic carbocycles. The van der Waals surface area contributed by atoms with Gasteiger partial charge in [-0.05, 0) is 45.4 Å². The average molecular weight is 432 g/mol. The van der Waals surface area contributed by atoms with Gasteiger partial charge in [-0.15, -0.1) is 12.4 Å². The predicted molar refractivity (Wildman–Crippen MR) is 139 cm³/mol. The van der Waals surface area contributed by atoms with Gasteiger partial charge in [0.2, 0.25) is 0 Å². The Kier molecular flexibility index (Phi) is 32.5. The van der Waals surface area contributed by atoms with E-state index in [2.05, 4.69) is 27.7 Å². The van der Waals surface area contributed by atoms with Gasteiger partial charge in [0.25, 0.3) is 0 Å². The van der Waals surface area contributed by atoms with Gasteiger partial charge in [-0.25, -0.2) is 0 Å². The van der Waals surface area contributed by atoms with Crippen molar-refractivity contribution in [2.75, 3.05) is 0 Å². The summed E-state index contributed by atoms with van der Waals surface area (Å²) in [7, 11) is 0. The highest BCUT2D eigenvalue weighted by Gasteiger charge is 2.04. The van der Waals surface area contributed by atoms with Crippen LogP contribution in [-0.4, -0.2) is 0 Å². The fourth-order valence-electron chi connectivity index (χ4n) is 4.14. The van der Waals surface area contributed by atoms with Gasteiger partial charge in [-0.1, -0.05) is 128 Å². The van der Waals surface area contributed by atoms with Crippen LogP contribution in [0.15, 0.2) is 11.1 Å². The third-order valence-corrected chi connectivity index (χ3v) is 6.17. The van der Waals surface area contributed by atoms with Gasteiger partial charge in [0, 0.05) is 0 Å². The summed E-state index contributed by atoms with van der Waals surface area (Å²) >= 11 is 0. The molecule has 0 heterocycles. The third-order valence-electron chi connectivity index (χ3n) is 6.17. The van der Waals surface area contributed by atoms with E-state index in [-0.39, 0.29) is 18.6 Å². The molecule has 0 bridgehead atoms. The van der Waals surface area contributed by atoms with Crippen LogP contribution in [0.5, 0.6) is 0 Å². The molecule has 0 aromatic rings. The molecule has 0 radical (unpaired) electrons. The van der Waals surface area contributed by atoms with E-state index in [1.54, 1.807) is 5.57 Å². The largest absolute Gasteiger partial charge is 0.344 e. The van der Waals surface area contributed by atoms with Gasteiger partial charge in [-0.3, -0.25) is 0 Å². The molecule has 0 saturated heterocycles. The Bertz CT molecular complexity index is 306. The summed E-state index contributed by atoms with van der Waals surface area (Å²) in [5.74, 6) is 0. The van der Waals surface area contributed by atoms with Crippen LogP contribution in [0.4, 0.5) is 0 Å². The van der Waals surface area contributed by atoms with Gasteiger partial charge >= 0.3 is 0 Å². The Morgan fingerprint density at radius 1 is 0.414 bits per heavy atom. The molecule has 0 aliphatic carbocycles. The van der Waals surface area contributed by atoms with Crippen molar-refractivity contribution in [3.05, 3.63) is 11.1 Å². The summed E-state index contributed by atoms with van der Waals surface area (Å²) in [6, 6.07) is 0. The van der Waals surface area contributed by atoms with E-state index in [0.717, 1.165) is 0 Å². The van der Waals surface area contributed by atoms with Crippen LogP contribution in [-0.2, 0) is 0 Å². The second kappa shape index (κ2) is 28.0. The van der Waals surface area contributed by atoms with Crippen LogP contribution in [0.2, 0.25) is 0 Å². The van der Waals surface area contributed by atoms with Crippen LogP contribution < -0.4 is 6.15 Å². The van der Waals surface area contributed by atoms with Crippen molar-refractivity contribution in [2.45, 2.75) is 163 Å². The second-order valence-corrected chi connectivity index (χ2v) is 8.94. The highest BCUT2D eigenvalue weighted by molar-refractivity contribution is 5.85. The Morgan fingerprint density at radius 2 is 0.690 bits per heavy atom. The molecule has 178 valence electrons. The van der Waals surface area contributed by atoms with Crippen LogP contribution in [0.25, 0.3) is 0 Å². The molecule has 0 unspecified atom stereocenters. The van der Waals surface area contributed by atoms with Crippen LogP contribution in [0.1, 0.15) is 163 Å². The Balaban J connectivity index is -0.00000338. The Hall–Kier alpha value is -0.0100. The van der Waals surface area contributed by atoms with Gasteiger partial charge in [0.05, 0.1) is 0 Å². The highest BCUT2D eigenvalue weighted by atomic mass is 35.5. The fourth-order valence-corrected chi connectivity index (χ4v) is 4.14. The molecule has 0 saturated carbocycles. The van der Waals surface area contributed by atoms with Crippen molar-refractivity contribution in [2.24, 2.45) is 0 Å². The highest BCUT2D eigenvalue weighted by Crippen LogP contribution is 2.24. The molecule has 0 fully saturated rings. The molecule has 0 aliphatic rings. The molecule has 0 atom stereocenters. The number of rotatable bonds is 21. The SMILES string of the molecule is CCCCCCCCC(C)=C(CCCCCCCC)CCCCCCCC.Cl.N. The summed E-state index contributed by atoms with van der Waals surface area (Å²) in [6.07, 6.45) is 29.8. The first-order valence-electron chi connectivity index (χ1n) is 12.9. The predicted octanol–water partition coefficient (Wildman–Crippen LogP) is 11.1. The number of hydrogen-bond acceptors (Lipinski definition) is 1. The lowest BCUT2D eigenvalue weighted by atomic mass is 9.93. The minimum atomic E-state index is 0. The zero-order valence-electron chi connectivity index (χ0n) is 21.0. The number of hydrogen-bond donors (Lipinski definition) is 1. The standard InChI is InChI=1S/C27H54.ClH.H3N/c1-5-8-11-14-17-20-23-26(4)27(24-21-18-15-12-9-6-2)25-22-19-16-13-10-7-3;;/h5-25H2,1-4H3;1H;1H3. The molecule has 3 N–H and O–H groups in total. The van der Waals surface area contributed by atoms with Crippen molar-refractivity contribution in [1.82, 2.24) is 6.15 Å². The number of allylic oxidation sites excluding steroid dienone is 2. The van der Waals surface area contributed by atoms with E-state index >= 15 is 0 Å². The lowest BCUT2D eigenvalue weighted by molar-refractivity contribution is 0.575. The molecule has 0 aliphatic heterocycles. The third kappa shape index (κ3) is 24.1. The Labute approximate surface area is 192 Å². The van der Waals surface area contributed by atoms with Crippen LogP contribution in [0.3, 0.4) is 0 Å². The van der Waals surface area contributed by atoms with Crippen LogP contribution in [0, 0.1) is 0 Å². The molecule has 2 heteroatoms. The maximum absolute atomic E-state index is 2.45. The number of unbranched alkanes of at least 4 members (excludes halogenated alkanes) is 15. The minimum absolute atomic E-state index is 0. The lowest BCUT2D eigenvalue weighted by Gasteiger charge is -2.13. The molecule has 1 nitrogen and oxygen atoms in total. The molecule has 29 heavy (non-hydrogen) atoms.